The van der Waals surface area contributed by atoms with Gasteiger partial charge in [-0.15, -0.1) is 0 Å². The molecule has 1 heterocycles. The zero-order valence-corrected chi connectivity index (χ0v) is 16.2. The van der Waals surface area contributed by atoms with Crippen LogP contribution in [0.2, 0.25) is 0 Å². The molecule has 6 heteroatoms. The summed E-state index contributed by atoms with van der Waals surface area (Å²) in [6, 6.07) is 17.6. The average molecular weight is 379 g/mol. The van der Waals surface area contributed by atoms with Gasteiger partial charge in [-0.2, -0.15) is 0 Å². The van der Waals surface area contributed by atoms with Crippen LogP contribution in [0.3, 0.4) is 0 Å². The number of amides is 1. The van der Waals surface area contributed by atoms with Crippen molar-refractivity contribution in [2.75, 3.05) is 31.3 Å². The number of nitrogens with zero attached hydrogens (tertiary/aromatic N) is 2. The van der Waals surface area contributed by atoms with Crippen molar-refractivity contribution >= 4 is 22.5 Å². The average Bonchev–Trinajstić information content (AvgIpc) is 2.73. The molecule has 0 aliphatic heterocycles. The molecule has 0 spiro atoms. The van der Waals surface area contributed by atoms with E-state index in [1.54, 1.807) is 6.20 Å². The summed E-state index contributed by atoms with van der Waals surface area (Å²) in [7, 11) is 0. The van der Waals surface area contributed by atoms with Crippen molar-refractivity contribution in [3.63, 3.8) is 0 Å². The van der Waals surface area contributed by atoms with Crippen molar-refractivity contribution in [3.8, 4) is 11.5 Å². The van der Waals surface area contributed by atoms with Gasteiger partial charge in [0.2, 0.25) is 5.91 Å². The molecule has 6 nitrogen and oxygen atoms in total. The number of benzene rings is 2. The van der Waals surface area contributed by atoms with Gasteiger partial charge in [0.05, 0.1) is 12.2 Å². The molecule has 3 rings (SSSR count). The minimum atomic E-state index is -0.129. The first-order valence-corrected chi connectivity index (χ1v) is 9.42. The van der Waals surface area contributed by atoms with Crippen molar-refractivity contribution < 1.29 is 14.3 Å². The van der Waals surface area contributed by atoms with Crippen LogP contribution in [0.5, 0.6) is 11.5 Å². The maximum absolute atomic E-state index is 11.8. The van der Waals surface area contributed by atoms with E-state index in [0.29, 0.717) is 13.3 Å². The Morgan fingerprint density at radius 2 is 1.96 bits per heavy atom. The summed E-state index contributed by atoms with van der Waals surface area (Å²) in [6.07, 6.45) is 1.74. The van der Waals surface area contributed by atoms with Gasteiger partial charge in [-0.1, -0.05) is 18.2 Å². The normalized spacial score (nSPS) is 10.6. The van der Waals surface area contributed by atoms with Crippen molar-refractivity contribution in [1.29, 1.82) is 0 Å². The second-order valence-corrected chi connectivity index (χ2v) is 6.18. The molecule has 0 saturated heterocycles. The predicted octanol–water partition coefficient (Wildman–Crippen LogP) is 3.96. The number of carbonyl (C=O) groups excluding carboxylic acids is 1. The Bertz CT molecular complexity index is 924. The van der Waals surface area contributed by atoms with Gasteiger partial charge in [0.1, 0.15) is 18.1 Å². The molecular weight excluding hydrogens is 354 g/mol. The number of hydrogen-bond donors (Lipinski definition) is 1. The van der Waals surface area contributed by atoms with Gasteiger partial charge in [-0.05, 0) is 44.2 Å². The number of fused-ring (bicyclic) bond motifs is 1. The molecule has 0 bridgehead atoms. The van der Waals surface area contributed by atoms with E-state index in [9.17, 15) is 4.79 Å². The van der Waals surface area contributed by atoms with E-state index in [1.807, 2.05) is 68.4 Å². The molecule has 0 aliphatic carbocycles. The zero-order valence-electron chi connectivity index (χ0n) is 16.2. The topological polar surface area (TPSA) is 63.7 Å². The van der Waals surface area contributed by atoms with Crippen LogP contribution in [0.25, 0.3) is 10.9 Å². The van der Waals surface area contributed by atoms with E-state index >= 15 is 0 Å². The van der Waals surface area contributed by atoms with Crippen molar-refractivity contribution in [2.24, 2.45) is 0 Å². The Hall–Kier alpha value is -3.12. The lowest BCUT2D eigenvalue weighted by atomic mass is 10.2. The Morgan fingerprint density at radius 3 is 2.79 bits per heavy atom. The second-order valence-electron chi connectivity index (χ2n) is 6.18. The van der Waals surface area contributed by atoms with Gasteiger partial charge in [-0.25, -0.2) is 0 Å². The van der Waals surface area contributed by atoms with Crippen LogP contribution >= 0.6 is 0 Å². The Labute approximate surface area is 165 Å². The maximum Gasteiger partial charge on any atom is 0.247 e. The van der Waals surface area contributed by atoms with E-state index < -0.39 is 0 Å². The largest absolute Gasteiger partial charge is 0.457 e. The van der Waals surface area contributed by atoms with Gasteiger partial charge in [0, 0.05) is 36.5 Å². The number of rotatable bonds is 9. The molecule has 0 atom stereocenters. The van der Waals surface area contributed by atoms with E-state index in [2.05, 4.69) is 15.2 Å². The lowest BCUT2D eigenvalue weighted by Crippen LogP contribution is -2.39. The van der Waals surface area contributed by atoms with Gasteiger partial charge in [-0.3, -0.25) is 9.78 Å². The summed E-state index contributed by atoms with van der Waals surface area (Å²) in [5.74, 6) is 1.36. The first-order chi connectivity index (χ1) is 13.7. The highest BCUT2D eigenvalue weighted by Crippen LogP contribution is 2.30. The summed E-state index contributed by atoms with van der Waals surface area (Å²) in [4.78, 5) is 18.2. The molecule has 146 valence electrons. The van der Waals surface area contributed by atoms with Crippen LogP contribution in [-0.4, -0.2) is 37.3 Å². The Balaban J connectivity index is 1.72. The molecular formula is C22H25N3O3. The minimum Gasteiger partial charge on any atom is -0.457 e. The van der Waals surface area contributed by atoms with Crippen LogP contribution in [0.15, 0.2) is 60.8 Å². The lowest BCUT2D eigenvalue weighted by molar-refractivity contribution is -0.125. The summed E-state index contributed by atoms with van der Waals surface area (Å²) >= 11 is 0. The third-order valence-electron chi connectivity index (χ3n) is 4.31. The van der Waals surface area contributed by atoms with Gasteiger partial charge in [0.15, 0.2) is 0 Å². The standard InChI is InChI=1S/C22H25N3O3/c1-3-25(16-24-22(26)15-27-4-2)17-8-7-9-18(14-17)28-21-12-13-23-20-11-6-5-10-19(20)21/h5-14H,3-4,15-16H2,1-2H3,(H,24,26). The number of carbonyl (C=O) groups is 1. The quantitative estimate of drug-likeness (QED) is 0.570. The minimum absolute atomic E-state index is 0.0757. The molecule has 0 unspecified atom stereocenters. The van der Waals surface area contributed by atoms with Crippen LogP contribution in [0.4, 0.5) is 5.69 Å². The van der Waals surface area contributed by atoms with Gasteiger partial charge >= 0.3 is 0 Å². The van der Waals surface area contributed by atoms with Crippen LogP contribution in [0, 0.1) is 0 Å². The van der Waals surface area contributed by atoms with Crippen molar-refractivity contribution in [3.05, 3.63) is 60.8 Å². The van der Waals surface area contributed by atoms with Gasteiger partial charge in [0.25, 0.3) is 0 Å². The van der Waals surface area contributed by atoms with E-state index in [1.165, 1.54) is 0 Å². The van der Waals surface area contributed by atoms with E-state index in [0.717, 1.165) is 34.6 Å². The first-order valence-electron chi connectivity index (χ1n) is 9.42. The number of nitrogens with one attached hydrogen (secondary N) is 1. The Kier molecular flexibility index (Phi) is 6.81. The zero-order chi connectivity index (χ0) is 19.8. The fraction of sp³-hybridized carbons (Fsp3) is 0.273. The predicted molar refractivity (Wildman–Crippen MR) is 111 cm³/mol. The molecule has 0 radical (unpaired) electrons. The Morgan fingerprint density at radius 1 is 1.11 bits per heavy atom. The van der Waals surface area contributed by atoms with Crippen molar-refractivity contribution in [2.45, 2.75) is 13.8 Å². The highest BCUT2D eigenvalue weighted by molar-refractivity contribution is 5.85. The third-order valence-corrected chi connectivity index (χ3v) is 4.31. The maximum atomic E-state index is 11.8. The number of hydrogen-bond acceptors (Lipinski definition) is 5. The summed E-state index contributed by atoms with van der Waals surface area (Å²) in [6.45, 7) is 5.66. The fourth-order valence-electron chi connectivity index (χ4n) is 2.84. The summed E-state index contributed by atoms with van der Waals surface area (Å²) < 4.78 is 11.3. The second kappa shape index (κ2) is 9.71. The van der Waals surface area contributed by atoms with Crippen LogP contribution in [0.1, 0.15) is 13.8 Å². The monoisotopic (exact) mass is 379 g/mol. The first kappa shape index (κ1) is 19.6. The molecule has 2 aromatic carbocycles. The SMILES string of the molecule is CCOCC(=O)NCN(CC)c1cccc(Oc2ccnc3ccccc23)c1. The van der Waals surface area contributed by atoms with Crippen LogP contribution < -0.4 is 15.0 Å². The molecule has 0 fully saturated rings. The molecule has 28 heavy (non-hydrogen) atoms. The number of para-hydroxylation sites is 1. The van der Waals surface area contributed by atoms with Crippen LogP contribution in [-0.2, 0) is 9.53 Å². The lowest BCUT2D eigenvalue weighted by Gasteiger charge is -2.24. The molecule has 1 N–H and O–H groups in total. The number of aromatic nitrogens is 1. The van der Waals surface area contributed by atoms with Gasteiger partial charge < -0.3 is 19.7 Å². The molecule has 0 saturated carbocycles. The van der Waals surface area contributed by atoms with E-state index in [-0.39, 0.29) is 12.5 Å². The highest BCUT2D eigenvalue weighted by atomic mass is 16.5. The molecule has 1 aromatic heterocycles. The summed E-state index contributed by atoms with van der Waals surface area (Å²) in [5.41, 5.74) is 1.86. The highest BCUT2D eigenvalue weighted by Gasteiger charge is 2.09. The molecule has 3 aromatic rings. The smallest absolute Gasteiger partial charge is 0.247 e. The number of anilines is 1. The summed E-state index contributed by atoms with van der Waals surface area (Å²) in [5, 5.41) is 3.84. The number of pyridine rings is 1. The van der Waals surface area contributed by atoms with Crippen molar-refractivity contribution in [1.82, 2.24) is 10.3 Å². The third kappa shape index (κ3) is 4.98. The fourth-order valence-corrected chi connectivity index (χ4v) is 2.84. The number of ether oxygens (including phenoxy) is 2. The molecule has 0 aliphatic rings. The van der Waals surface area contributed by atoms with E-state index in [4.69, 9.17) is 9.47 Å². The molecule has 1 amide bonds.